The van der Waals surface area contributed by atoms with Gasteiger partial charge in [0, 0.05) is 18.7 Å². The third-order valence-electron chi connectivity index (χ3n) is 8.95. The van der Waals surface area contributed by atoms with Crippen LogP contribution < -0.4 is 20.7 Å². The van der Waals surface area contributed by atoms with Crippen molar-refractivity contribution in [1.29, 1.82) is 0 Å². The quantitative estimate of drug-likeness (QED) is 0.0886. The molecule has 6 N–H and O–H groups in total. The van der Waals surface area contributed by atoms with Gasteiger partial charge in [-0.15, -0.1) is 0 Å². The molecule has 4 atom stereocenters. The Labute approximate surface area is 285 Å². The molecule has 1 aromatic heterocycles. The Balaban J connectivity index is 1.45. The molecule has 1 aliphatic heterocycles. The second-order valence-electron chi connectivity index (χ2n) is 12.0. The molecule has 13 heteroatoms. The number of ether oxygens (including phenoxy) is 4. The number of aromatic amines is 1. The van der Waals surface area contributed by atoms with E-state index in [2.05, 4.69) is 4.98 Å². The van der Waals surface area contributed by atoms with Gasteiger partial charge in [-0.2, -0.15) is 0 Å². The van der Waals surface area contributed by atoms with Crippen LogP contribution in [0.25, 0.3) is 0 Å². The molecule has 13 nitrogen and oxygen atoms in total. The molecule has 0 saturated carbocycles. The van der Waals surface area contributed by atoms with Crippen LogP contribution in [0.4, 0.5) is 0 Å². The SMILES string of the molecule is COc1ccc(C(OC[C@H]2O[C@@H](n3ccc(=O)[nH]c3=O)[C@@](O)(Cc3cc(O)c(O)c(O)c3)[C@@H]2O)(c2ccccc2)c2ccc(OC)cc2)cc1. The van der Waals surface area contributed by atoms with Crippen LogP contribution in [0.2, 0.25) is 0 Å². The lowest BCUT2D eigenvalue weighted by Crippen LogP contribution is -2.51. The number of aliphatic hydroxyl groups is 2. The summed E-state index contributed by atoms with van der Waals surface area (Å²) in [4.78, 5) is 27.0. The van der Waals surface area contributed by atoms with Crippen LogP contribution >= 0.6 is 0 Å². The van der Waals surface area contributed by atoms with Gasteiger partial charge in [-0.25, -0.2) is 4.79 Å². The molecule has 0 radical (unpaired) electrons. The number of hydrogen-bond acceptors (Lipinski definition) is 11. The molecule has 4 aromatic carbocycles. The van der Waals surface area contributed by atoms with E-state index in [0.717, 1.165) is 34.5 Å². The van der Waals surface area contributed by atoms with Gasteiger partial charge >= 0.3 is 5.69 Å². The first-order chi connectivity index (χ1) is 24.0. The average Bonchev–Trinajstić information content (AvgIpc) is 3.36. The molecule has 260 valence electrons. The molecule has 1 aliphatic rings. The van der Waals surface area contributed by atoms with Crippen molar-refractivity contribution in [2.45, 2.75) is 36.1 Å². The van der Waals surface area contributed by atoms with Crippen LogP contribution in [-0.2, 0) is 21.5 Å². The second kappa shape index (κ2) is 13.7. The van der Waals surface area contributed by atoms with Crippen LogP contribution in [0, 0.1) is 0 Å². The highest BCUT2D eigenvalue weighted by molar-refractivity contribution is 5.52. The van der Waals surface area contributed by atoms with Crippen molar-refractivity contribution in [1.82, 2.24) is 9.55 Å². The Kier molecular flexibility index (Phi) is 9.41. The Morgan fingerprint density at radius 3 is 1.88 bits per heavy atom. The fraction of sp³-hybridized carbons (Fsp3) is 0.243. The van der Waals surface area contributed by atoms with Gasteiger partial charge in [0.05, 0.1) is 20.8 Å². The minimum atomic E-state index is -2.29. The maximum atomic E-state index is 13.0. The van der Waals surface area contributed by atoms with E-state index in [-0.39, 0.29) is 12.2 Å². The predicted molar refractivity (Wildman–Crippen MR) is 180 cm³/mol. The maximum Gasteiger partial charge on any atom is 0.330 e. The minimum absolute atomic E-state index is 0.0992. The number of H-pyrrole nitrogens is 1. The van der Waals surface area contributed by atoms with Crippen molar-refractivity contribution in [3.05, 3.63) is 146 Å². The molecule has 1 saturated heterocycles. The number of rotatable bonds is 11. The van der Waals surface area contributed by atoms with E-state index in [4.69, 9.17) is 18.9 Å². The Morgan fingerprint density at radius 1 is 0.820 bits per heavy atom. The van der Waals surface area contributed by atoms with Gasteiger partial charge in [0.2, 0.25) is 0 Å². The number of hydrogen-bond donors (Lipinski definition) is 6. The number of nitrogens with one attached hydrogen (secondary N) is 1. The standard InChI is InChI=1S/C37H36N2O11/c1-47-26-12-8-24(9-13-26)37(23-6-4-3-5-7-23,25-10-14-27(48-2)15-11-25)49-21-30-33(44)36(46,20-22-18-28(40)32(43)29(41)19-22)34(50-30)39-17-16-31(42)38-35(39)45/h3-19,30,33-34,40-41,43-44,46H,20-21H2,1-2H3,(H,38,42,45)/t30-,33-,34-,36-/m1/s1. The van der Waals surface area contributed by atoms with E-state index >= 15 is 0 Å². The van der Waals surface area contributed by atoms with Crippen LogP contribution in [0.3, 0.4) is 0 Å². The molecule has 2 heterocycles. The largest absolute Gasteiger partial charge is 0.504 e. The zero-order chi connectivity index (χ0) is 35.6. The number of phenolic OH excluding ortho intramolecular Hbond substituents is 3. The molecule has 0 bridgehead atoms. The third kappa shape index (κ3) is 6.18. The molecule has 6 rings (SSSR count). The van der Waals surface area contributed by atoms with Crippen LogP contribution in [0.15, 0.2) is 113 Å². The van der Waals surface area contributed by atoms with Crippen molar-refractivity contribution >= 4 is 0 Å². The van der Waals surface area contributed by atoms with Gasteiger partial charge in [-0.1, -0.05) is 54.6 Å². The zero-order valence-electron chi connectivity index (χ0n) is 27.1. The van der Waals surface area contributed by atoms with Gasteiger partial charge in [0.15, 0.2) is 23.5 Å². The van der Waals surface area contributed by atoms with Crippen LogP contribution in [-0.4, -0.2) is 73.7 Å². The zero-order valence-corrected chi connectivity index (χ0v) is 27.1. The summed E-state index contributed by atoms with van der Waals surface area (Å²) in [7, 11) is 3.12. The molecule has 50 heavy (non-hydrogen) atoms. The van der Waals surface area contributed by atoms with Crippen molar-refractivity contribution in [3.8, 4) is 28.7 Å². The molecular formula is C37H36N2O11. The third-order valence-corrected chi connectivity index (χ3v) is 8.95. The van der Waals surface area contributed by atoms with E-state index < -0.39 is 64.6 Å². The summed E-state index contributed by atoms with van der Waals surface area (Å²) in [6.45, 7) is -0.336. The van der Waals surface area contributed by atoms with Crippen molar-refractivity contribution in [3.63, 3.8) is 0 Å². The predicted octanol–water partition coefficient (Wildman–Crippen LogP) is 2.91. The number of benzene rings is 4. The fourth-order valence-electron chi connectivity index (χ4n) is 6.44. The topological polar surface area (TPSA) is 193 Å². The Hall–Kier alpha value is -5.60. The number of aromatic nitrogens is 2. The van der Waals surface area contributed by atoms with Crippen molar-refractivity contribution in [2.24, 2.45) is 0 Å². The second-order valence-corrected chi connectivity index (χ2v) is 12.0. The van der Waals surface area contributed by atoms with E-state index in [1.54, 1.807) is 38.5 Å². The van der Waals surface area contributed by atoms with Gasteiger partial charge < -0.3 is 44.5 Å². The minimum Gasteiger partial charge on any atom is -0.504 e. The molecule has 5 aromatic rings. The molecular weight excluding hydrogens is 648 g/mol. The number of methoxy groups -OCH3 is 2. The Bertz CT molecular complexity index is 1990. The van der Waals surface area contributed by atoms with Crippen LogP contribution in [0.5, 0.6) is 28.7 Å². The van der Waals surface area contributed by atoms with Crippen molar-refractivity contribution < 1.29 is 44.5 Å². The maximum absolute atomic E-state index is 13.0. The van der Waals surface area contributed by atoms with E-state index in [1.807, 2.05) is 54.6 Å². The first kappa shape index (κ1) is 34.3. The van der Waals surface area contributed by atoms with E-state index in [0.29, 0.717) is 22.6 Å². The van der Waals surface area contributed by atoms with E-state index in [1.165, 1.54) is 0 Å². The van der Waals surface area contributed by atoms with Gasteiger partial charge in [-0.3, -0.25) is 14.3 Å². The summed E-state index contributed by atoms with van der Waals surface area (Å²) >= 11 is 0. The summed E-state index contributed by atoms with van der Waals surface area (Å²) in [5.74, 6) is -0.864. The summed E-state index contributed by atoms with van der Waals surface area (Å²) in [5, 5.41) is 54.2. The smallest absolute Gasteiger partial charge is 0.330 e. The van der Waals surface area contributed by atoms with Gasteiger partial charge in [0.1, 0.15) is 34.9 Å². The van der Waals surface area contributed by atoms with Crippen LogP contribution in [0.1, 0.15) is 28.5 Å². The summed E-state index contributed by atoms with van der Waals surface area (Å²) in [6, 6.07) is 27.2. The molecule has 0 unspecified atom stereocenters. The fourth-order valence-corrected chi connectivity index (χ4v) is 6.44. The van der Waals surface area contributed by atoms with Gasteiger partial charge in [-0.05, 0) is 58.7 Å². The molecule has 0 aliphatic carbocycles. The Morgan fingerprint density at radius 2 is 1.36 bits per heavy atom. The lowest BCUT2D eigenvalue weighted by Gasteiger charge is -2.37. The lowest BCUT2D eigenvalue weighted by atomic mass is 9.80. The highest BCUT2D eigenvalue weighted by Gasteiger charge is 2.57. The molecule has 0 spiro atoms. The summed E-state index contributed by atoms with van der Waals surface area (Å²) < 4.78 is 24.9. The van der Waals surface area contributed by atoms with Crippen molar-refractivity contribution in [2.75, 3.05) is 20.8 Å². The monoisotopic (exact) mass is 684 g/mol. The number of nitrogens with zero attached hydrogens (tertiary/aromatic N) is 1. The lowest BCUT2D eigenvalue weighted by molar-refractivity contribution is -0.114. The molecule has 0 amide bonds. The highest BCUT2D eigenvalue weighted by Crippen LogP contribution is 2.46. The van der Waals surface area contributed by atoms with E-state index in [9.17, 15) is 35.1 Å². The number of phenols is 3. The first-order valence-electron chi connectivity index (χ1n) is 15.6. The molecule has 1 fully saturated rings. The highest BCUT2D eigenvalue weighted by atomic mass is 16.6. The first-order valence-corrected chi connectivity index (χ1v) is 15.6. The summed E-state index contributed by atoms with van der Waals surface area (Å²) in [5.41, 5.74) is -3.00. The summed E-state index contributed by atoms with van der Waals surface area (Å²) in [6.07, 6.45) is -3.93. The average molecular weight is 685 g/mol. The van der Waals surface area contributed by atoms with Gasteiger partial charge in [0.25, 0.3) is 5.56 Å². The number of aliphatic hydroxyl groups excluding tert-OH is 1. The number of aromatic hydroxyl groups is 3. The normalized spacial score (nSPS) is 20.4.